The Morgan fingerprint density at radius 2 is 1.93 bits per heavy atom. The summed E-state index contributed by atoms with van der Waals surface area (Å²) in [6.07, 6.45) is -0.503. The summed E-state index contributed by atoms with van der Waals surface area (Å²) in [4.78, 5) is 12.8. The van der Waals surface area contributed by atoms with Gasteiger partial charge in [-0.2, -0.15) is 25.3 Å². The third-order valence-electron chi connectivity index (χ3n) is 1.37. The number of nitrogens with zero attached hydrogens (tertiary/aromatic N) is 1. The second kappa shape index (κ2) is 6.48. The van der Waals surface area contributed by atoms with Gasteiger partial charge in [-0.3, -0.25) is 4.90 Å². The Morgan fingerprint density at radius 3 is 2.21 bits per heavy atom. The smallest absolute Gasteiger partial charge is 0.411 e. The number of ether oxygens (including phenoxy) is 1. The SMILES string of the molecule is C=C(Cl)COC(=O)N(C(C)S)C(C)S. The normalized spacial score (nSPS) is 14.4. The molecule has 3 nitrogen and oxygen atoms in total. The first-order valence-corrected chi connectivity index (χ1v) is 5.41. The molecule has 2 unspecified atom stereocenters. The molecule has 0 rings (SSSR count). The third-order valence-corrected chi connectivity index (χ3v) is 1.97. The van der Waals surface area contributed by atoms with Crippen LogP contribution in [0.3, 0.4) is 0 Å². The molecule has 0 saturated carbocycles. The molecule has 0 bridgehead atoms. The molecule has 0 heterocycles. The summed E-state index contributed by atoms with van der Waals surface area (Å²) >= 11 is 13.7. The molecule has 82 valence electrons. The van der Waals surface area contributed by atoms with Crippen molar-refractivity contribution in [1.82, 2.24) is 4.90 Å². The van der Waals surface area contributed by atoms with Gasteiger partial charge in [0.25, 0.3) is 0 Å². The van der Waals surface area contributed by atoms with Gasteiger partial charge in [-0.15, -0.1) is 0 Å². The topological polar surface area (TPSA) is 29.5 Å². The minimum Gasteiger partial charge on any atom is -0.444 e. The Hall–Kier alpha value is 0. The first-order valence-electron chi connectivity index (χ1n) is 4.00. The molecule has 0 radical (unpaired) electrons. The summed E-state index contributed by atoms with van der Waals surface area (Å²) in [6, 6.07) is 0. The molecule has 1 amide bonds. The van der Waals surface area contributed by atoms with E-state index in [1.807, 2.05) is 0 Å². The van der Waals surface area contributed by atoms with E-state index in [2.05, 4.69) is 31.8 Å². The second-order valence-corrected chi connectivity index (χ2v) is 4.77. The van der Waals surface area contributed by atoms with Crippen LogP contribution in [-0.2, 0) is 4.74 Å². The molecular formula is C8H14ClNO2S2. The fraction of sp³-hybridized carbons (Fsp3) is 0.625. The van der Waals surface area contributed by atoms with Gasteiger partial charge in [-0.05, 0) is 13.8 Å². The molecule has 0 aliphatic heterocycles. The van der Waals surface area contributed by atoms with Crippen molar-refractivity contribution < 1.29 is 9.53 Å². The molecule has 0 fully saturated rings. The molecule has 0 aliphatic rings. The van der Waals surface area contributed by atoms with Crippen molar-refractivity contribution in [2.75, 3.05) is 6.61 Å². The Kier molecular flexibility index (Phi) is 6.48. The van der Waals surface area contributed by atoms with Gasteiger partial charge in [-0.1, -0.05) is 18.2 Å². The highest BCUT2D eigenvalue weighted by Gasteiger charge is 2.22. The van der Waals surface area contributed by atoms with Crippen LogP contribution in [0.1, 0.15) is 13.8 Å². The van der Waals surface area contributed by atoms with E-state index in [4.69, 9.17) is 16.3 Å². The quantitative estimate of drug-likeness (QED) is 0.598. The lowest BCUT2D eigenvalue weighted by Gasteiger charge is -2.28. The average Bonchev–Trinajstić information content (AvgIpc) is 1.99. The highest BCUT2D eigenvalue weighted by molar-refractivity contribution is 7.81. The van der Waals surface area contributed by atoms with E-state index in [-0.39, 0.29) is 22.4 Å². The largest absolute Gasteiger partial charge is 0.444 e. The summed E-state index contributed by atoms with van der Waals surface area (Å²) in [5.41, 5.74) is 0. The first kappa shape index (κ1) is 14.0. The number of thiol groups is 2. The molecule has 0 aromatic rings. The Morgan fingerprint density at radius 1 is 1.50 bits per heavy atom. The van der Waals surface area contributed by atoms with E-state index in [0.29, 0.717) is 0 Å². The van der Waals surface area contributed by atoms with Crippen LogP contribution in [0.2, 0.25) is 0 Å². The number of halogens is 1. The van der Waals surface area contributed by atoms with Crippen LogP contribution in [0.25, 0.3) is 0 Å². The Balaban J connectivity index is 4.23. The van der Waals surface area contributed by atoms with Gasteiger partial charge in [0.15, 0.2) is 0 Å². The minimum atomic E-state index is -0.503. The molecule has 0 aromatic carbocycles. The maximum atomic E-state index is 11.4. The lowest BCUT2D eigenvalue weighted by atomic mass is 10.5. The maximum Gasteiger partial charge on any atom is 0.411 e. The maximum absolute atomic E-state index is 11.4. The van der Waals surface area contributed by atoms with E-state index in [1.165, 1.54) is 4.90 Å². The molecule has 0 aromatic heterocycles. The predicted molar refractivity (Wildman–Crippen MR) is 65.1 cm³/mol. The van der Waals surface area contributed by atoms with Crippen molar-refractivity contribution in [3.8, 4) is 0 Å². The van der Waals surface area contributed by atoms with Crippen molar-refractivity contribution in [1.29, 1.82) is 0 Å². The molecule has 0 aliphatic carbocycles. The van der Waals surface area contributed by atoms with Gasteiger partial charge in [0.05, 0.1) is 10.7 Å². The minimum absolute atomic E-state index is 0.00210. The van der Waals surface area contributed by atoms with Crippen LogP contribution in [0.15, 0.2) is 11.6 Å². The second-order valence-electron chi connectivity index (χ2n) is 2.74. The lowest BCUT2D eigenvalue weighted by Crippen LogP contribution is -2.40. The third kappa shape index (κ3) is 5.02. The highest BCUT2D eigenvalue weighted by Crippen LogP contribution is 2.13. The van der Waals surface area contributed by atoms with Gasteiger partial charge in [-0.25, -0.2) is 4.79 Å². The zero-order valence-corrected chi connectivity index (χ0v) is 10.6. The summed E-state index contributed by atoms with van der Waals surface area (Å²) in [5, 5.41) is -0.255. The van der Waals surface area contributed by atoms with Crippen LogP contribution in [-0.4, -0.2) is 28.3 Å². The number of hydrogen-bond acceptors (Lipinski definition) is 4. The van der Waals surface area contributed by atoms with Gasteiger partial charge >= 0.3 is 6.09 Å². The van der Waals surface area contributed by atoms with Crippen molar-refractivity contribution in [2.24, 2.45) is 0 Å². The monoisotopic (exact) mass is 255 g/mol. The van der Waals surface area contributed by atoms with Crippen LogP contribution in [0, 0.1) is 0 Å². The molecule has 6 heteroatoms. The number of rotatable bonds is 4. The fourth-order valence-corrected chi connectivity index (χ4v) is 1.58. The van der Waals surface area contributed by atoms with E-state index in [9.17, 15) is 4.79 Å². The zero-order valence-electron chi connectivity index (χ0n) is 8.11. The molecule has 2 atom stereocenters. The van der Waals surface area contributed by atoms with Gasteiger partial charge in [0, 0.05) is 5.03 Å². The van der Waals surface area contributed by atoms with Crippen molar-refractivity contribution in [3.05, 3.63) is 11.6 Å². The van der Waals surface area contributed by atoms with E-state index in [1.54, 1.807) is 13.8 Å². The zero-order chi connectivity index (χ0) is 11.3. The summed E-state index contributed by atoms with van der Waals surface area (Å²) < 4.78 is 4.85. The summed E-state index contributed by atoms with van der Waals surface area (Å²) in [5.74, 6) is 0. The van der Waals surface area contributed by atoms with Crippen LogP contribution in [0.5, 0.6) is 0 Å². The van der Waals surface area contributed by atoms with Crippen LogP contribution in [0.4, 0.5) is 4.79 Å². The predicted octanol–water partition coefficient (Wildman–Crippen LogP) is 2.73. The lowest BCUT2D eigenvalue weighted by molar-refractivity contribution is 0.108. The molecule has 0 saturated heterocycles. The summed E-state index contributed by atoms with van der Waals surface area (Å²) in [7, 11) is 0. The average molecular weight is 256 g/mol. The standard InChI is InChI=1S/C8H14ClNO2S2/c1-5(9)4-12-8(11)10(6(2)13)7(3)14/h6-7,13-14H,1,4H2,2-3H3. The van der Waals surface area contributed by atoms with Crippen molar-refractivity contribution in [3.63, 3.8) is 0 Å². The van der Waals surface area contributed by atoms with Crippen molar-refractivity contribution >= 4 is 43.0 Å². The highest BCUT2D eigenvalue weighted by atomic mass is 35.5. The molecule has 0 spiro atoms. The van der Waals surface area contributed by atoms with E-state index in [0.717, 1.165) is 0 Å². The van der Waals surface area contributed by atoms with Crippen LogP contribution >= 0.6 is 36.9 Å². The summed E-state index contributed by atoms with van der Waals surface area (Å²) in [6.45, 7) is 6.92. The number of carbonyl (C=O) groups is 1. The van der Waals surface area contributed by atoms with E-state index >= 15 is 0 Å². The number of carbonyl (C=O) groups excluding carboxylic acids is 1. The van der Waals surface area contributed by atoms with Gasteiger partial charge in [0.2, 0.25) is 0 Å². The van der Waals surface area contributed by atoms with Crippen molar-refractivity contribution in [2.45, 2.75) is 24.6 Å². The molecule has 14 heavy (non-hydrogen) atoms. The Bertz CT molecular complexity index is 213. The Labute approximate surface area is 100 Å². The first-order chi connectivity index (χ1) is 6.36. The fourth-order valence-electron chi connectivity index (χ4n) is 0.832. The van der Waals surface area contributed by atoms with E-state index < -0.39 is 6.09 Å². The molecular weight excluding hydrogens is 242 g/mol. The van der Waals surface area contributed by atoms with Gasteiger partial charge < -0.3 is 4.74 Å². The number of amides is 1. The van der Waals surface area contributed by atoms with Crippen LogP contribution < -0.4 is 0 Å². The van der Waals surface area contributed by atoms with Gasteiger partial charge in [0.1, 0.15) is 6.61 Å². The molecule has 0 N–H and O–H groups in total. The number of hydrogen-bond donors (Lipinski definition) is 2.